The number of hydrogen-bond acceptors (Lipinski definition) is 2. The number of aryl methyl sites for hydroxylation is 1. The largest absolute Gasteiger partial charge is 0.491 e. The Balaban J connectivity index is 2.12. The van der Waals surface area contributed by atoms with Crippen molar-refractivity contribution in [2.24, 2.45) is 0 Å². The number of benzene rings is 2. The van der Waals surface area contributed by atoms with E-state index in [9.17, 15) is 5.11 Å². The Morgan fingerprint density at radius 1 is 1.11 bits per heavy atom. The predicted octanol–water partition coefficient (Wildman–Crippen LogP) is 2.88. The summed E-state index contributed by atoms with van der Waals surface area (Å²) in [4.78, 5) is 0. The molecule has 0 unspecified atom stereocenters. The highest BCUT2D eigenvalue weighted by atomic mass is 16.5. The van der Waals surface area contributed by atoms with Crippen molar-refractivity contribution in [3.8, 4) is 5.75 Å². The molecule has 3 rings (SSSR count). The highest BCUT2D eigenvalue weighted by Crippen LogP contribution is 2.38. The van der Waals surface area contributed by atoms with Gasteiger partial charge in [-0.2, -0.15) is 0 Å². The summed E-state index contributed by atoms with van der Waals surface area (Å²) in [6.45, 7) is 2.42. The van der Waals surface area contributed by atoms with Crippen molar-refractivity contribution in [1.82, 2.24) is 0 Å². The Bertz CT molecular complexity index is 548. The van der Waals surface area contributed by atoms with Gasteiger partial charge in [0.2, 0.25) is 0 Å². The molecule has 0 aliphatic carbocycles. The van der Waals surface area contributed by atoms with Crippen molar-refractivity contribution in [2.75, 3.05) is 6.61 Å². The summed E-state index contributed by atoms with van der Waals surface area (Å²) in [5, 5.41) is 10.2. The minimum Gasteiger partial charge on any atom is -0.491 e. The molecule has 18 heavy (non-hydrogen) atoms. The normalized spacial score (nSPS) is 22.1. The first-order valence-corrected chi connectivity index (χ1v) is 6.22. The lowest BCUT2D eigenvalue weighted by atomic mass is 9.84. The van der Waals surface area contributed by atoms with Crippen LogP contribution in [0.25, 0.3) is 0 Å². The number of ether oxygens (including phenoxy) is 1. The summed E-state index contributed by atoms with van der Waals surface area (Å²) < 4.78 is 5.59. The highest BCUT2D eigenvalue weighted by Gasteiger charge is 2.30. The molecule has 0 bridgehead atoms. The first-order valence-electron chi connectivity index (χ1n) is 6.22. The van der Waals surface area contributed by atoms with Gasteiger partial charge in [0.05, 0.1) is 6.10 Å². The average molecular weight is 240 g/mol. The van der Waals surface area contributed by atoms with Crippen molar-refractivity contribution in [3.63, 3.8) is 0 Å². The van der Waals surface area contributed by atoms with Crippen LogP contribution in [0.2, 0.25) is 0 Å². The summed E-state index contributed by atoms with van der Waals surface area (Å²) in [6, 6.07) is 16.3. The third-order valence-corrected chi connectivity index (χ3v) is 3.45. The van der Waals surface area contributed by atoms with E-state index < -0.39 is 6.10 Å². The van der Waals surface area contributed by atoms with E-state index in [2.05, 4.69) is 25.1 Å². The number of fused-ring (bicyclic) bond motifs is 1. The maximum absolute atomic E-state index is 10.2. The summed E-state index contributed by atoms with van der Waals surface area (Å²) in [7, 11) is 0. The van der Waals surface area contributed by atoms with Crippen LogP contribution in [0, 0.1) is 6.92 Å². The molecule has 1 aliphatic rings. The van der Waals surface area contributed by atoms with Crippen LogP contribution >= 0.6 is 0 Å². The molecule has 2 nitrogen and oxygen atoms in total. The van der Waals surface area contributed by atoms with Crippen LogP contribution in [-0.4, -0.2) is 17.8 Å². The van der Waals surface area contributed by atoms with Crippen LogP contribution in [-0.2, 0) is 0 Å². The maximum atomic E-state index is 10.2. The number of hydrogen-bond donors (Lipinski definition) is 1. The van der Waals surface area contributed by atoms with Gasteiger partial charge in [-0.1, -0.05) is 48.0 Å². The van der Waals surface area contributed by atoms with Gasteiger partial charge in [-0.15, -0.1) is 0 Å². The number of rotatable bonds is 1. The third kappa shape index (κ3) is 1.89. The van der Waals surface area contributed by atoms with Gasteiger partial charge in [0.15, 0.2) is 0 Å². The van der Waals surface area contributed by atoms with Crippen molar-refractivity contribution in [2.45, 2.75) is 18.9 Å². The molecule has 0 fully saturated rings. The smallest absolute Gasteiger partial charge is 0.123 e. The van der Waals surface area contributed by atoms with Gasteiger partial charge in [0.25, 0.3) is 0 Å². The Morgan fingerprint density at radius 2 is 1.89 bits per heavy atom. The molecule has 1 heterocycles. The topological polar surface area (TPSA) is 29.5 Å². The van der Waals surface area contributed by atoms with E-state index in [0.29, 0.717) is 6.61 Å². The van der Waals surface area contributed by atoms with Gasteiger partial charge in [0, 0.05) is 11.5 Å². The fourth-order valence-corrected chi connectivity index (χ4v) is 2.58. The molecule has 2 aromatic carbocycles. The Hall–Kier alpha value is -1.80. The first kappa shape index (κ1) is 11.3. The van der Waals surface area contributed by atoms with E-state index >= 15 is 0 Å². The molecule has 0 aromatic heterocycles. The highest BCUT2D eigenvalue weighted by molar-refractivity contribution is 5.46. The Kier molecular flexibility index (Phi) is 2.80. The van der Waals surface area contributed by atoms with Gasteiger partial charge in [-0.3, -0.25) is 0 Å². The van der Waals surface area contributed by atoms with Crippen LogP contribution in [0.3, 0.4) is 0 Å². The van der Waals surface area contributed by atoms with E-state index in [4.69, 9.17) is 4.74 Å². The molecule has 0 radical (unpaired) electrons. The van der Waals surface area contributed by atoms with Gasteiger partial charge in [-0.05, 0) is 18.6 Å². The zero-order valence-electron chi connectivity index (χ0n) is 10.3. The SMILES string of the molecule is Cc1ccc2c(c1)[C@@H](c1ccccc1)[C@H](O)CO2. The molecular weight excluding hydrogens is 224 g/mol. The zero-order valence-corrected chi connectivity index (χ0v) is 10.3. The van der Waals surface area contributed by atoms with Crippen LogP contribution in [0.1, 0.15) is 22.6 Å². The molecule has 92 valence electrons. The fourth-order valence-electron chi connectivity index (χ4n) is 2.58. The average Bonchev–Trinajstić information content (AvgIpc) is 2.39. The van der Waals surface area contributed by atoms with E-state index in [0.717, 1.165) is 16.9 Å². The monoisotopic (exact) mass is 240 g/mol. The third-order valence-electron chi connectivity index (χ3n) is 3.45. The number of aliphatic hydroxyl groups excluding tert-OH is 1. The molecule has 0 amide bonds. The lowest BCUT2D eigenvalue weighted by molar-refractivity contribution is 0.0771. The quantitative estimate of drug-likeness (QED) is 0.830. The summed E-state index contributed by atoms with van der Waals surface area (Å²) in [5.74, 6) is 0.898. The standard InChI is InChI=1S/C16H16O2/c1-11-7-8-15-13(9-11)16(14(17)10-18-15)12-5-3-2-4-6-12/h2-9,14,16-17H,10H2,1H3/t14-,16-/m1/s1. The maximum Gasteiger partial charge on any atom is 0.123 e. The summed E-state index contributed by atoms with van der Waals surface area (Å²) >= 11 is 0. The molecular formula is C16H16O2. The predicted molar refractivity (Wildman–Crippen MR) is 71.0 cm³/mol. The second-order valence-electron chi connectivity index (χ2n) is 4.81. The van der Waals surface area contributed by atoms with Gasteiger partial charge in [0.1, 0.15) is 12.4 Å². The molecule has 0 spiro atoms. The molecule has 2 atom stereocenters. The lowest BCUT2D eigenvalue weighted by Gasteiger charge is -2.31. The molecule has 2 aromatic rings. The van der Waals surface area contributed by atoms with Crippen molar-refractivity contribution < 1.29 is 9.84 Å². The molecule has 1 N–H and O–H groups in total. The van der Waals surface area contributed by atoms with Crippen LogP contribution in [0.15, 0.2) is 48.5 Å². The van der Waals surface area contributed by atoms with Crippen LogP contribution < -0.4 is 4.74 Å². The van der Waals surface area contributed by atoms with Gasteiger partial charge in [-0.25, -0.2) is 0 Å². The van der Waals surface area contributed by atoms with Gasteiger partial charge < -0.3 is 9.84 Å². The van der Waals surface area contributed by atoms with Crippen LogP contribution in [0.5, 0.6) is 5.75 Å². The Morgan fingerprint density at radius 3 is 2.67 bits per heavy atom. The van der Waals surface area contributed by atoms with E-state index in [1.54, 1.807) is 0 Å². The van der Waals surface area contributed by atoms with Crippen molar-refractivity contribution in [1.29, 1.82) is 0 Å². The molecule has 2 heteroatoms. The van der Waals surface area contributed by atoms with Crippen molar-refractivity contribution >= 4 is 0 Å². The minimum atomic E-state index is -0.485. The molecule has 0 saturated heterocycles. The van der Waals surface area contributed by atoms with Crippen molar-refractivity contribution in [3.05, 3.63) is 65.2 Å². The molecule has 0 saturated carbocycles. The second kappa shape index (κ2) is 4.46. The summed E-state index contributed by atoms with van der Waals surface area (Å²) in [6.07, 6.45) is -0.485. The summed E-state index contributed by atoms with van der Waals surface area (Å²) in [5.41, 5.74) is 3.41. The first-order chi connectivity index (χ1) is 8.75. The minimum absolute atomic E-state index is 0.00912. The van der Waals surface area contributed by atoms with Crippen LogP contribution in [0.4, 0.5) is 0 Å². The molecule has 1 aliphatic heterocycles. The second-order valence-corrected chi connectivity index (χ2v) is 4.81. The van der Waals surface area contributed by atoms with E-state index in [1.165, 1.54) is 5.56 Å². The van der Waals surface area contributed by atoms with Gasteiger partial charge >= 0.3 is 0 Å². The Labute approximate surface area is 107 Å². The lowest BCUT2D eigenvalue weighted by Crippen LogP contribution is -2.31. The van der Waals surface area contributed by atoms with E-state index in [1.807, 2.05) is 30.3 Å². The number of aliphatic hydroxyl groups is 1. The van der Waals surface area contributed by atoms with E-state index in [-0.39, 0.29) is 5.92 Å². The fraction of sp³-hybridized carbons (Fsp3) is 0.250. The zero-order chi connectivity index (χ0) is 12.5.